The molecule has 170 valence electrons. The van der Waals surface area contributed by atoms with Crippen molar-refractivity contribution in [1.29, 1.82) is 0 Å². The molecule has 0 aliphatic carbocycles. The Hall–Kier alpha value is -2.63. The Labute approximate surface area is 190 Å². The lowest BCUT2D eigenvalue weighted by Crippen LogP contribution is -2.37. The number of aliphatic hydroxyl groups is 1. The fourth-order valence-electron chi connectivity index (χ4n) is 4.79. The molecule has 5 heteroatoms. The maximum absolute atomic E-state index is 13.2. The summed E-state index contributed by atoms with van der Waals surface area (Å²) in [7, 11) is 0. The van der Waals surface area contributed by atoms with Gasteiger partial charge in [-0.25, -0.2) is 4.79 Å². The third-order valence-electron chi connectivity index (χ3n) is 6.68. The monoisotopic (exact) mass is 434 g/mol. The number of carbonyl (C=O) groups is 1. The van der Waals surface area contributed by atoms with E-state index in [1.165, 1.54) is 11.1 Å². The summed E-state index contributed by atoms with van der Waals surface area (Å²) in [6.45, 7) is 10.8. The molecule has 1 unspecified atom stereocenters. The van der Waals surface area contributed by atoms with E-state index < -0.39 is 0 Å². The van der Waals surface area contributed by atoms with Gasteiger partial charge in [0.25, 0.3) is 0 Å². The average Bonchev–Trinajstić information content (AvgIpc) is 3.08. The van der Waals surface area contributed by atoms with Gasteiger partial charge in [0.15, 0.2) is 0 Å². The van der Waals surface area contributed by atoms with Gasteiger partial charge in [-0.15, -0.1) is 0 Å². The number of nitrogens with one attached hydrogen (secondary N) is 1. The average molecular weight is 435 g/mol. The standard InChI is InChI=1S/C27H34N2O3/c1-17-5-7-23(18(2)15-17)20(4)32-27(31)26-19(3)28-25-8-6-21(16-24(25)26)9-12-29-13-10-22(30)11-14-29/h5-8,15-16,20,22,28,30H,9-14H2,1-4H3. The number of fused-ring (bicyclic) bond motifs is 1. The zero-order valence-corrected chi connectivity index (χ0v) is 19.6. The number of ether oxygens (including phenoxy) is 1. The number of aromatic amines is 1. The minimum Gasteiger partial charge on any atom is -0.454 e. The van der Waals surface area contributed by atoms with Crippen molar-refractivity contribution in [3.63, 3.8) is 0 Å². The second-order valence-electron chi connectivity index (χ2n) is 9.24. The minimum absolute atomic E-state index is 0.148. The second-order valence-corrected chi connectivity index (χ2v) is 9.24. The number of nitrogens with zero attached hydrogens (tertiary/aromatic N) is 1. The van der Waals surface area contributed by atoms with Crippen LogP contribution in [0.4, 0.5) is 0 Å². The van der Waals surface area contributed by atoms with Gasteiger partial charge in [0.2, 0.25) is 0 Å². The fourth-order valence-corrected chi connectivity index (χ4v) is 4.79. The third kappa shape index (κ3) is 4.89. The Bertz CT molecular complexity index is 1110. The second kappa shape index (κ2) is 9.47. The summed E-state index contributed by atoms with van der Waals surface area (Å²) in [5.41, 5.74) is 6.99. The molecule has 5 nitrogen and oxygen atoms in total. The van der Waals surface area contributed by atoms with Crippen molar-refractivity contribution in [2.24, 2.45) is 0 Å². The highest BCUT2D eigenvalue weighted by atomic mass is 16.5. The van der Waals surface area contributed by atoms with Crippen molar-refractivity contribution >= 4 is 16.9 Å². The molecule has 1 aliphatic rings. The molecule has 1 aliphatic heterocycles. The molecule has 2 heterocycles. The largest absolute Gasteiger partial charge is 0.454 e. The van der Waals surface area contributed by atoms with E-state index in [2.05, 4.69) is 54.1 Å². The molecular formula is C27H34N2O3. The molecule has 32 heavy (non-hydrogen) atoms. The van der Waals surface area contributed by atoms with Crippen molar-refractivity contribution in [2.75, 3.05) is 19.6 Å². The normalized spacial score (nSPS) is 16.4. The van der Waals surface area contributed by atoms with Gasteiger partial charge < -0.3 is 19.7 Å². The molecule has 2 aromatic carbocycles. The van der Waals surface area contributed by atoms with E-state index in [0.29, 0.717) is 5.56 Å². The molecule has 0 spiro atoms. The van der Waals surface area contributed by atoms with E-state index in [-0.39, 0.29) is 18.2 Å². The summed E-state index contributed by atoms with van der Waals surface area (Å²) in [5.74, 6) is -0.289. The molecule has 3 aromatic rings. The van der Waals surface area contributed by atoms with E-state index in [0.717, 1.165) is 66.6 Å². The summed E-state index contributed by atoms with van der Waals surface area (Å²) in [4.78, 5) is 18.9. The minimum atomic E-state index is -0.315. The molecule has 1 saturated heterocycles. The molecule has 1 atom stereocenters. The Morgan fingerprint density at radius 1 is 1.16 bits per heavy atom. The van der Waals surface area contributed by atoms with Crippen LogP contribution in [0.15, 0.2) is 36.4 Å². The summed E-state index contributed by atoms with van der Waals surface area (Å²) in [6, 6.07) is 12.5. The maximum atomic E-state index is 13.2. The molecular weight excluding hydrogens is 400 g/mol. The number of carbonyl (C=O) groups excluding carboxylic acids is 1. The van der Waals surface area contributed by atoms with Crippen LogP contribution in [-0.2, 0) is 11.2 Å². The third-order valence-corrected chi connectivity index (χ3v) is 6.68. The van der Waals surface area contributed by atoms with Crippen LogP contribution in [0, 0.1) is 20.8 Å². The Balaban J connectivity index is 1.50. The molecule has 0 amide bonds. The first kappa shape index (κ1) is 22.6. The number of esters is 1. The maximum Gasteiger partial charge on any atom is 0.341 e. The molecule has 1 aromatic heterocycles. The Morgan fingerprint density at radius 3 is 2.62 bits per heavy atom. The first-order valence-corrected chi connectivity index (χ1v) is 11.6. The van der Waals surface area contributed by atoms with Crippen LogP contribution in [0.5, 0.6) is 0 Å². The number of H-pyrrole nitrogens is 1. The number of benzene rings is 2. The lowest BCUT2D eigenvalue weighted by atomic mass is 10.0. The quantitative estimate of drug-likeness (QED) is 0.535. The van der Waals surface area contributed by atoms with Crippen molar-refractivity contribution in [3.8, 4) is 0 Å². The van der Waals surface area contributed by atoms with Crippen LogP contribution in [0.1, 0.15) is 64.2 Å². The van der Waals surface area contributed by atoms with Crippen molar-refractivity contribution in [1.82, 2.24) is 9.88 Å². The SMILES string of the molecule is Cc1ccc(C(C)OC(=O)c2c(C)[nH]c3ccc(CCN4CCC(O)CC4)cc23)c(C)c1. The van der Waals surface area contributed by atoms with Crippen LogP contribution in [0.2, 0.25) is 0 Å². The topological polar surface area (TPSA) is 65.6 Å². The highest BCUT2D eigenvalue weighted by Gasteiger charge is 2.22. The number of hydrogen-bond acceptors (Lipinski definition) is 4. The van der Waals surface area contributed by atoms with Crippen LogP contribution >= 0.6 is 0 Å². The first-order chi connectivity index (χ1) is 15.3. The Morgan fingerprint density at radius 2 is 1.91 bits per heavy atom. The number of rotatable bonds is 6. The highest BCUT2D eigenvalue weighted by molar-refractivity contribution is 6.05. The van der Waals surface area contributed by atoms with E-state index in [1.807, 2.05) is 19.9 Å². The number of likely N-dealkylation sites (tertiary alicyclic amines) is 1. The number of hydrogen-bond donors (Lipinski definition) is 2. The van der Waals surface area contributed by atoms with Gasteiger partial charge in [-0.1, -0.05) is 29.8 Å². The summed E-state index contributed by atoms with van der Waals surface area (Å²) < 4.78 is 5.90. The van der Waals surface area contributed by atoms with E-state index in [1.54, 1.807) is 0 Å². The van der Waals surface area contributed by atoms with E-state index in [4.69, 9.17) is 4.74 Å². The lowest BCUT2D eigenvalue weighted by Gasteiger charge is -2.29. The van der Waals surface area contributed by atoms with Crippen LogP contribution in [0.3, 0.4) is 0 Å². The molecule has 0 bridgehead atoms. The number of piperidine rings is 1. The first-order valence-electron chi connectivity index (χ1n) is 11.6. The lowest BCUT2D eigenvalue weighted by molar-refractivity contribution is 0.0338. The number of aromatic nitrogens is 1. The van der Waals surface area contributed by atoms with Gasteiger partial charge in [-0.2, -0.15) is 0 Å². The van der Waals surface area contributed by atoms with Gasteiger partial charge in [-0.05, 0) is 75.8 Å². The van der Waals surface area contributed by atoms with E-state index >= 15 is 0 Å². The van der Waals surface area contributed by atoms with Crippen LogP contribution in [-0.4, -0.2) is 46.7 Å². The predicted molar refractivity (Wildman–Crippen MR) is 128 cm³/mol. The molecule has 2 N–H and O–H groups in total. The van der Waals surface area contributed by atoms with Gasteiger partial charge >= 0.3 is 5.97 Å². The zero-order chi connectivity index (χ0) is 22.8. The van der Waals surface area contributed by atoms with E-state index in [9.17, 15) is 9.90 Å². The smallest absolute Gasteiger partial charge is 0.341 e. The molecule has 1 fully saturated rings. The zero-order valence-electron chi connectivity index (χ0n) is 19.6. The summed E-state index contributed by atoms with van der Waals surface area (Å²) >= 11 is 0. The van der Waals surface area contributed by atoms with Crippen LogP contribution in [0.25, 0.3) is 10.9 Å². The Kier molecular flexibility index (Phi) is 6.68. The summed E-state index contributed by atoms with van der Waals surface area (Å²) in [5, 5.41) is 10.6. The van der Waals surface area contributed by atoms with Gasteiger partial charge in [0.1, 0.15) is 6.10 Å². The number of aryl methyl sites for hydroxylation is 3. The highest BCUT2D eigenvalue weighted by Crippen LogP contribution is 2.28. The molecule has 0 saturated carbocycles. The van der Waals surface area contributed by atoms with Gasteiger partial charge in [0.05, 0.1) is 11.7 Å². The van der Waals surface area contributed by atoms with Gasteiger partial charge in [-0.3, -0.25) is 0 Å². The summed E-state index contributed by atoms with van der Waals surface area (Å²) in [6.07, 6.45) is 2.16. The number of aliphatic hydroxyl groups excluding tert-OH is 1. The molecule has 4 rings (SSSR count). The van der Waals surface area contributed by atoms with Crippen LogP contribution < -0.4 is 0 Å². The predicted octanol–water partition coefficient (Wildman–Crippen LogP) is 5.01. The van der Waals surface area contributed by atoms with Crippen molar-refractivity contribution < 1.29 is 14.6 Å². The van der Waals surface area contributed by atoms with Gasteiger partial charge in [0, 0.05) is 36.2 Å². The molecule has 0 radical (unpaired) electrons. The van der Waals surface area contributed by atoms with Crippen molar-refractivity contribution in [3.05, 3.63) is 69.9 Å². The van der Waals surface area contributed by atoms with Crippen molar-refractivity contribution in [2.45, 2.75) is 59.2 Å². The fraction of sp³-hybridized carbons (Fsp3) is 0.444.